The molecular weight excluding hydrogens is 328 g/mol. The molecule has 0 fully saturated rings. The lowest BCUT2D eigenvalue weighted by Gasteiger charge is -2.09. The van der Waals surface area contributed by atoms with Crippen molar-refractivity contribution >= 4 is 21.7 Å². The zero-order valence-electron chi connectivity index (χ0n) is 10.1. The molecule has 1 unspecified atom stereocenters. The molecule has 0 N–H and O–H groups in total. The summed E-state index contributed by atoms with van der Waals surface area (Å²) in [6.45, 7) is 0. The Kier molecular flexibility index (Phi) is 4.26. The van der Waals surface area contributed by atoms with E-state index >= 15 is 0 Å². The van der Waals surface area contributed by atoms with E-state index in [2.05, 4.69) is 15.9 Å². The first-order valence-corrected chi connectivity index (χ1v) is 6.46. The van der Waals surface area contributed by atoms with Crippen molar-refractivity contribution in [2.24, 2.45) is 0 Å². The highest BCUT2D eigenvalue weighted by atomic mass is 79.9. The molecule has 0 heterocycles. The minimum Gasteiger partial charge on any atom is -0.292 e. The molecule has 5 heteroatoms. The molecule has 20 heavy (non-hydrogen) atoms. The maximum absolute atomic E-state index is 13.4. The summed E-state index contributed by atoms with van der Waals surface area (Å²) >= 11 is 2.99. The molecule has 0 aromatic heterocycles. The SMILES string of the molecule is N#CC(C(=O)c1ccc(Br)c(F)c1)c1ccc(F)cc1. The summed E-state index contributed by atoms with van der Waals surface area (Å²) in [5, 5.41) is 9.14. The Morgan fingerprint density at radius 1 is 1.15 bits per heavy atom. The van der Waals surface area contributed by atoms with Crippen LogP contribution in [0.25, 0.3) is 0 Å². The first-order valence-electron chi connectivity index (χ1n) is 5.67. The molecule has 0 aliphatic rings. The van der Waals surface area contributed by atoms with Crippen LogP contribution in [0.2, 0.25) is 0 Å². The fourth-order valence-electron chi connectivity index (χ4n) is 1.76. The van der Waals surface area contributed by atoms with E-state index in [4.69, 9.17) is 5.26 Å². The van der Waals surface area contributed by atoms with Crippen LogP contribution in [0.5, 0.6) is 0 Å². The standard InChI is InChI=1S/C15H8BrF2NO/c16-13-6-3-10(7-14(13)18)15(20)12(8-19)9-1-4-11(17)5-2-9/h1-7,12H. The summed E-state index contributed by atoms with van der Waals surface area (Å²) in [6, 6.07) is 10.9. The summed E-state index contributed by atoms with van der Waals surface area (Å²) in [5.41, 5.74) is 0.476. The van der Waals surface area contributed by atoms with Gasteiger partial charge >= 0.3 is 0 Å². The average Bonchev–Trinajstić information content (AvgIpc) is 2.44. The molecular formula is C15H8BrF2NO. The topological polar surface area (TPSA) is 40.9 Å². The Morgan fingerprint density at radius 3 is 2.35 bits per heavy atom. The minimum atomic E-state index is -1.09. The van der Waals surface area contributed by atoms with E-state index in [1.165, 1.54) is 36.4 Å². The van der Waals surface area contributed by atoms with Crippen LogP contribution in [0.3, 0.4) is 0 Å². The number of ketones is 1. The number of Topliss-reactive ketones (excluding diaryl/α,β-unsaturated/α-hetero) is 1. The molecule has 0 aliphatic heterocycles. The van der Waals surface area contributed by atoms with Crippen LogP contribution in [0.4, 0.5) is 8.78 Å². The predicted octanol–water partition coefficient (Wildman–Crippen LogP) is 4.22. The Hall–Kier alpha value is -2.06. The van der Waals surface area contributed by atoms with Crippen molar-refractivity contribution in [1.82, 2.24) is 0 Å². The molecule has 0 aliphatic carbocycles. The molecule has 2 nitrogen and oxygen atoms in total. The van der Waals surface area contributed by atoms with Gasteiger partial charge in [-0.1, -0.05) is 18.2 Å². The Morgan fingerprint density at radius 2 is 1.80 bits per heavy atom. The van der Waals surface area contributed by atoms with Gasteiger partial charge in [-0.25, -0.2) is 8.78 Å². The molecule has 2 aromatic rings. The van der Waals surface area contributed by atoms with E-state index in [1.54, 1.807) is 0 Å². The molecule has 0 spiro atoms. The predicted molar refractivity (Wildman–Crippen MR) is 73.2 cm³/mol. The molecule has 1 atom stereocenters. The summed E-state index contributed by atoms with van der Waals surface area (Å²) in [4.78, 5) is 12.2. The highest BCUT2D eigenvalue weighted by Crippen LogP contribution is 2.23. The number of benzene rings is 2. The second kappa shape index (κ2) is 5.93. The fourth-order valence-corrected chi connectivity index (χ4v) is 2.00. The number of hydrogen-bond acceptors (Lipinski definition) is 2. The molecule has 0 amide bonds. The molecule has 100 valence electrons. The van der Waals surface area contributed by atoms with Crippen LogP contribution >= 0.6 is 15.9 Å². The second-order valence-corrected chi connectivity index (χ2v) is 4.96. The van der Waals surface area contributed by atoms with Crippen molar-refractivity contribution in [3.8, 4) is 6.07 Å². The largest absolute Gasteiger partial charge is 0.292 e. The van der Waals surface area contributed by atoms with Gasteiger partial charge in [0.1, 0.15) is 17.6 Å². The van der Waals surface area contributed by atoms with E-state index in [1.807, 2.05) is 6.07 Å². The van der Waals surface area contributed by atoms with Crippen molar-refractivity contribution in [3.63, 3.8) is 0 Å². The van der Waals surface area contributed by atoms with Gasteiger partial charge in [0.2, 0.25) is 0 Å². The number of nitriles is 1. The van der Waals surface area contributed by atoms with Crippen LogP contribution in [-0.2, 0) is 0 Å². The summed E-state index contributed by atoms with van der Waals surface area (Å²) in [6.07, 6.45) is 0. The Labute approximate surface area is 122 Å². The van der Waals surface area contributed by atoms with Gasteiger partial charge in [0.15, 0.2) is 5.78 Å². The third kappa shape index (κ3) is 2.91. The van der Waals surface area contributed by atoms with Gasteiger partial charge < -0.3 is 0 Å². The number of rotatable bonds is 3. The third-order valence-corrected chi connectivity index (χ3v) is 3.44. The van der Waals surface area contributed by atoms with Crippen LogP contribution in [-0.4, -0.2) is 5.78 Å². The first kappa shape index (κ1) is 14.4. The molecule has 0 bridgehead atoms. The first-order chi connectivity index (χ1) is 9.52. The van der Waals surface area contributed by atoms with Gasteiger partial charge in [0, 0.05) is 5.56 Å². The molecule has 0 saturated carbocycles. The monoisotopic (exact) mass is 335 g/mol. The van der Waals surface area contributed by atoms with Gasteiger partial charge in [-0.05, 0) is 45.8 Å². The normalized spacial score (nSPS) is 11.7. The van der Waals surface area contributed by atoms with Gasteiger partial charge in [-0.15, -0.1) is 0 Å². The molecule has 0 radical (unpaired) electrons. The summed E-state index contributed by atoms with van der Waals surface area (Å²) in [5.74, 6) is -2.64. The average molecular weight is 336 g/mol. The lowest BCUT2D eigenvalue weighted by atomic mass is 9.92. The van der Waals surface area contributed by atoms with Crippen LogP contribution < -0.4 is 0 Å². The second-order valence-electron chi connectivity index (χ2n) is 4.11. The minimum absolute atomic E-state index is 0.0987. The van der Waals surface area contributed by atoms with Gasteiger partial charge in [-0.3, -0.25) is 4.79 Å². The summed E-state index contributed by atoms with van der Waals surface area (Å²) in [7, 11) is 0. The smallest absolute Gasteiger partial charge is 0.184 e. The van der Waals surface area contributed by atoms with E-state index in [0.717, 1.165) is 6.07 Å². The van der Waals surface area contributed by atoms with Gasteiger partial charge in [-0.2, -0.15) is 5.26 Å². The fraction of sp³-hybridized carbons (Fsp3) is 0.0667. The van der Waals surface area contributed by atoms with E-state index in [0.29, 0.717) is 5.56 Å². The number of hydrogen-bond donors (Lipinski definition) is 0. The van der Waals surface area contributed by atoms with Crippen LogP contribution in [0, 0.1) is 23.0 Å². The van der Waals surface area contributed by atoms with Gasteiger partial charge in [0.05, 0.1) is 10.5 Å². The lowest BCUT2D eigenvalue weighted by molar-refractivity contribution is 0.0978. The van der Waals surface area contributed by atoms with Crippen molar-refractivity contribution in [3.05, 3.63) is 69.7 Å². The van der Waals surface area contributed by atoms with Crippen molar-refractivity contribution in [2.75, 3.05) is 0 Å². The molecule has 2 aromatic carbocycles. The van der Waals surface area contributed by atoms with Crippen LogP contribution in [0.1, 0.15) is 21.8 Å². The quantitative estimate of drug-likeness (QED) is 0.788. The number of carbonyl (C=O) groups is 1. The third-order valence-electron chi connectivity index (χ3n) is 2.80. The number of halogens is 3. The highest BCUT2D eigenvalue weighted by Gasteiger charge is 2.22. The number of nitrogens with zero attached hydrogens (tertiary/aromatic N) is 1. The van der Waals surface area contributed by atoms with Crippen molar-refractivity contribution < 1.29 is 13.6 Å². The molecule has 0 saturated heterocycles. The Balaban J connectivity index is 2.36. The maximum atomic E-state index is 13.4. The summed E-state index contributed by atoms with van der Waals surface area (Å²) < 4.78 is 26.5. The zero-order valence-corrected chi connectivity index (χ0v) is 11.7. The van der Waals surface area contributed by atoms with E-state index < -0.39 is 23.3 Å². The van der Waals surface area contributed by atoms with Crippen LogP contribution in [0.15, 0.2) is 46.9 Å². The van der Waals surface area contributed by atoms with E-state index in [9.17, 15) is 13.6 Å². The zero-order chi connectivity index (χ0) is 14.7. The van der Waals surface area contributed by atoms with E-state index in [-0.39, 0.29) is 10.0 Å². The highest BCUT2D eigenvalue weighted by molar-refractivity contribution is 9.10. The number of carbonyl (C=O) groups excluding carboxylic acids is 1. The van der Waals surface area contributed by atoms with Crippen molar-refractivity contribution in [2.45, 2.75) is 5.92 Å². The Bertz CT molecular complexity index is 692. The molecule has 2 rings (SSSR count). The lowest BCUT2D eigenvalue weighted by Crippen LogP contribution is -2.11. The van der Waals surface area contributed by atoms with Crippen molar-refractivity contribution in [1.29, 1.82) is 5.26 Å². The van der Waals surface area contributed by atoms with Gasteiger partial charge in [0.25, 0.3) is 0 Å². The maximum Gasteiger partial charge on any atom is 0.184 e.